The number of primary amides is 1. The Balaban J connectivity index is 2.01. The van der Waals surface area contributed by atoms with E-state index in [2.05, 4.69) is 4.57 Å². The molecule has 0 fully saturated rings. The van der Waals surface area contributed by atoms with Gasteiger partial charge in [-0.2, -0.15) is 0 Å². The molecular formula is C20H15FN2O. The van der Waals surface area contributed by atoms with Gasteiger partial charge in [-0.3, -0.25) is 4.79 Å². The van der Waals surface area contributed by atoms with Gasteiger partial charge in [-0.25, -0.2) is 4.39 Å². The minimum atomic E-state index is -0.440. The van der Waals surface area contributed by atoms with Gasteiger partial charge in [0.25, 0.3) is 0 Å². The van der Waals surface area contributed by atoms with Crippen LogP contribution in [0.3, 0.4) is 0 Å². The molecule has 0 radical (unpaired) electrons. The highest BCUT2D eigenvalue weighted by molar-refractivity contribution is 6.17. The van der Waals surface area contributed by atoms with E-state index in [1.807, 2.05) is 36.4 Å². The van der Waals surface area contributed by atoms with Crippen molar-refractivity contribution in [3.05, 3.63) is 83.7 Å². The molecule has 24 heavy (non-hydrogen) atoms. The SMILES string of the molecule is NC(=O)c1cccc2c1c1ccccc1n2Cc1ccc(F)cc1. The Morgan fingerprint density at radius 3 is 2.38 bits per heavy atom. The first kappa shape index (κ1) is 14.5. The van der Waals surface area contributed by atoms with E-state index in [-0.39, 0.29) is 5.82 Å². The number of hydrogen-bond acceptors (Lipinski definition) is 1. The van der Waals surface area contributed by atoms with Crippen LogP contribution in [0.4, 0.5) is 4.39 Å². The first-order valence-electron chi connectivity index (χ1n) is 7.69. The van der Waals surface area contributed by atoms with Crippen LogP contribution < -0.4 is 5.73 Å². The average molecular weight is 318 g/mol. The summed E-state index contributed by atoms with van der Waals surface area (Å²) in [6, 6.07) is 19.9. The second-order valence-corrected chi connectivity index (χ2v) is 5.79. The lowest BCUT2D eigenvalue weighted by molar-refractivity contribution is 0.100. The van der Waals surface area contributed by atoms with Gasteiger partial charge in [0, 0.05) is 28.4 Å². The molecule has 0 saturated heterocycles. The number of aromatic nitrogens is 1. The van der Waals surface area contributed by atoms with Gasteiger partial charge in [0.15, 0.2) is 0 Å². The molecule has 2 N–H and O–H groups in total. The molecule has 0 aliphatic heterocycles. The number of para-hydroxylation sites is 1. The van der Waals surface area contributed by atoms with Crippen molar-refractivity contribution in [2.24, 2.45) is 5.73 Å². The number of hydrogen-bond donors (Lipinski definition) is 1. The van der Waals surface area contributed by atoms with E-state index in [0.29, 0.717) is 12.1 Å². The van der Waals surface area contributed by atoms with Crippen LogP contribution in [0, 0.1) is 5.82 Å². The molecule has 0 atom stereocenters. The Morgan fingerprint density at radius 2 is 1.62 bits per heavy atom. The van der Waals surface area contributed by atoms with Gasteiger partial charge in [0.1, 0.15) is 5.82 Å². The Bertz CT molecular complexity index is 1060. The maximum atomic E-state index is 13.2. The quantitative estimate of drug-likeness (QED) is 0.608. The fourth-order valence-electron chi connectivity index (χ4n) is 3.25. The molecule has 4 rings (SSSR count). The first-order chi connectivity index (χ1) is 11.6. The van der Waals surface area contributed by atoms with Crippen molar-refractivity contribution in [2.75, 3.05) is 0 Å². The third-order valence-corrected chi connectivity index (χ3v) is 4.32. The van der Waals surface area contributed by atoms with Crippen molar-refractivity contribution in [3.63, 3.8) is 0 Å². The molecule has 4 heteroatoms. The topological polar surface area (TPSA) is 48.0 Å². The van der Waals surface area contributed by atoms with Gasteiger partial charge in [-0.1, -0.05) is 36.4 Å². The molecule has 3 nitrogen and oxygen atoms in total. The van der Waals surface area contributed by atoms with Gasteiger partial charge in [-0.05, 0) is 35.9 Å². The summed E-state index contributed by atoms with van der Waals surface area (Å²) < 4.78 is 15.3. The van der Waals surface area contributed by atoms with E-state index in [4.69, 9.17) is 5.73 Å². The molecule has 1 aromatic heterocycles. The van der Waals surface area contributed by atoms with Crippen molar-refractivity contribution < 1.29 is 9.18 Å². The summed E-state index contributed by atoms with van der Waals surface area (Å²) in [6.07, 6.45) is 0. The third-order valence-electron chi connectivity index (χ3n) is 4.32. The number of fused-ring (bicyclic) bond motifs is 3. The van der Waals surface area contributed by atoms with E-state index in [9.17, 15) is 9.18 Å². The number of amides is 1. The predicted octanol–water partition coefficient (Wildman–Crippen LogP) is 4.08. The van der Waals surface area contributed by atoms with Crippen LogP contribution >= 0.6 is 0 Å². The van der Waals surface area contributed by atoms with E-state index in [0.717, 1.165) is 27.4 Å². The summed E-state index contributed by atoms with van der Waals surface area (Å²) in [6.45, 7) is 0.590. The molecule has 0 aliphatic rings. The molecule has 0 aliphatic carbocycles. The summed E-state index contributed by atoms with van der Waals surface area (Å²) in [4.78, 5) is 11.8. The van der Waals surface area contributed by atoms with Gasteiger partial charge >= 0.3 is 0 Å². The van der Waals surface area contributed by atoms with E-state index in [1.165, 1.54) is 12.1 Å². The number of carbonyl (C=O) groups excluding carboxylic acids is 1. The molecule has 4 aromatic rings. The lowest BCUT2D eigenvalue weighted by atomic mass is 10.1. The fraction of sp³-hybridized carbons (Fsp3) is 0.0500. The largest absolute Gasteiger partial charge is 0.366 e. The van der Waals surface area contributed by atoms with Crippen LogP contribution in [0.15, 0.2) is 66.7 Å². The third kappa shape index (κ3) is 2.24. The van der Waals surface area contributed by atoms with E-state index in [1.54, 1.807) is 18.2 Å². The molecule has 1 heterocycles. The lowest BCUT2D eigenvalue weighted by Gasteiger charge is -2.08. The van der Waals surface area contributed by atoms with E-state index < -0.39 is 5.91 Å². The summed E-state index contributed by atoms with van der Waals surface area (Å²) >= 11 is 0. The average Bonchev–Trinajstić information content (AvgIpc) is 2.91. The highest BCUT2D eigenvalue weighted by atomic mass is 19.1. The smallest absolute Gasteiger partial charge is 0.249 e. The Labute approximate surface area is 138 Å². The van der Waals surface area contributed by atoms with E-state index >= 15 is 0 Å². The Hall–Kier alpha value is -3.14. The second kappa shape index (κ2) is 5.49. The lowest BCUT2D eigenvalue weighted by Crippen LogP contribution is -2.11. The van der Waals surface area contributed by atoms with Crippen molar-refractivity contribution in [3.8, 4) is 0 Å². The maximum Gasteiger partial charge on any atom is 0.249 e. The molecule has 0 unspecified atom stereocenters. The van der Waals surface area contributed by atoms with Crippen LogP contribution in [-0.2, 0) is 6.54 Å². The van der Waals surface area contributed by atoms with Crippen molar-refractivity contribution in [1.82, 2.24) is 4.57 Å². The molecule has 0 bridgehead atoms. The number of nitrogens with zero attached hydrogens (tertiary/aromatic N) is 1. The molecule has 1 amide bonds. The summed E-state index contributed by atoms with van der Waals surface area (Å²) in [7, 11) is 0. The molecule has 0 saturated carbocycles. The normalized spacial score (nSPS) is 11.2. The van der Waals surface area contributed by atoms with Crippen molar-refractivity contribution in [2.45, 2.75) is 6.54 Å². The Morgan fingerprint density at radius 1 is 0.917 bits per heavy atom. The zero-order valence-electron chi connectivity index (χ0n) is 12.9. The fourth-order valence-corrected chi connectivity index (χ4v) is 3.25. The van der Waals surface area contributed by atoms with Crippen LogP contribution in [0.5, 0.6) is 0 Å². The van der Waals surface area contributed by atoms with Crippen LogP contribution in [0.25, 0.3) is 21.8 Å². The van der Waals surface area contributed by atoms with Crippen LogP contribution in [-0.4, -0.2) is 10.5 Å². The predicted molar refractivity (Wildman–Crippen MR) is 93.5 cm³/mol. The number of carbonyl (C=O) groups is 1. The number of rotatable bonds is 3. The summed E-state index contributed by atoms with van der Waals surface area (Å²) in [5.41, 5.74) is 9.02. The highest BCUT2D eigenvalue weighted by Crippen LogP contribution is 2.32. The Kier molecular flexibility index (Phi) is 3.31. The minimum Gasteiger partial charge on any atom is -0.366 e. The molecule has 118 valence electrons. The van der Waals surface area contributed by atoms with Crippen molar-refractivity contribution >= 4 is 27.7 Å². The number of nitrogens with two attached hydrogens (primary N) is 1. The van der Waals surface area contributed by atoms with Crippen LogP contribution in [0.1, 0.15) is 15.9 Å². The van der Waals surface area contributed by atoms with Gasteiger partial charge in [0.05, 0.1) is 5.52 Å². The second-order valence-electron chi connectivity index (χ2n) is 5.79. The maximum absolute atomic E-state index is 13.2. The number of benzene rings is 3. The van der Waals surface area contributed by atoms with Crippen molar-refractivity contribution in [1.29, 1.82) is 0 Å². The standard InChI is InChI=1S/C20H15FN2O/c21-14-10-8-13(9-11-14)12-23-17-6-2-1-4-15(17)19-16(20(22)24)5-3-7-18(19)23/h1-11H,12H2,(H2,22,24). The summed E-state index contributed by atoms with van der Waals surface area (Å²) in [5.74, 6) is -0.692. The van der Waals surface area contributed by atoms with Crippen LogP contribution in [0.2, 0.25) is 0 Å². The molecule has 0 spiro atoms. The minimum absolute atomic E-state index is 0.253. The highest BCUT2D eigenvalue weighted by Gasteiger charge is 2.15. The van der Waals surface area contributed by atoms with Gasteiger partial charge in [-0.15, -0.1) is 0 Å². The summed E-state index contributed by atoms with van der Waals surface area (Å²) in [5, 5.41) is 1.85. The number of halogens is 1. The molecular weight excluding hydrogens is 303 g/mol. The first-order valence-corrected chi connectivity index (χ1v) is 7.69. The zero-order valence-corrected chi connectivity index (χ0v) is 12.9. The van der Waals surface area contributed by atoms with Gasteiger partial charge < -0.3 is 10.3 Å². The zero-order chi connectivity index (χ0) is 16.7. The molecule has 3 aromatic carbocycles. The monoisotopic (exact) mass is 318 g/mol. The van der Waals surface area contributed by atoms with Gasteiger partial charge in [0.2, 0.25) is 5.91 Å².